The van der Waals surface area contributed by atoms with Crippen LogP contribution in [0.4, 0.5) is 0 Å². The van der Waals surface area contributed by atoms with Crippen molar-refractivity contribution in [3.8, 4) is 0 Å². The molecule has 1 saturated heterocycles. The van der Waals surface area contributed by atoms with Gasteiger partial charge in [-0.15, -0.1) is 0 Å². The first kappa shape index (κ1) is 12.4. The molecule has 0 bridgehead atoms. The van der Waals surface area contributed by atoms with Crippen molar-refractivity contribution < 1.29 is 9.90 Å². The van der Waals surface area contributed by atoms with Gasteiger partial charge in [0.05, 0.1) is 6.10 Å². The maximum Gasteiger partial charge on any atom is 0.222 e. The molecule has 1 heterocycles. The van der Waals surface area contributed by atoms with Crippen molar-refractivity contribution in [3.05, 3.63) is 34.9 Å². The Kier molecular flexibility index (Phi) is 4.02. The van der Waals surface area contributed by atoms with Gasteiger partial charge in [0.25, 0.3) is 0 Å². The Hall–Kier alpha value is -1.06. The van der Waals surface area contributed by atoms with E-state index in [-0.39, 0.29) is 5.91 Å². The molecule has 1 aliphatic heterocycles. The van der Waals surface area contributed by atoms with Gasteiger partial charge in [0, 0.05) is 24.5 Å². The van der Waals surface area contributed by atoms with Gasteiger partial charge in [0.2, 0.25) is 5.91 Å². The van der Waals surface area contributed by atoms with Crippen LogP contribution in [0.3, 0.4) is 0 Å². The Morgan fingerprint density at radius 2 is 2.00 bits per heavy atom. The first-order chi connectivity index (χ1) is 8.16. The van der Waals surface area contributed by atoms with Gasteiger partial charge >= 0.3 is 0 Å². The van der Waals surface area contributed by atoms with E-state index in [2.05, 4.69) is 0 Å². The summed E-state index contributed by atoms with van der Waals surface area (Å²) in [5, 5.41) is 10.6. The maximum absolute atomic E-state index is 11.4. The first-order valence-electron chi connectivity index (χ1n) is 5.88. The molecule has 2 rings (SSSR count). The molecule has 0 saturated carbocycles. The smallest absolute Gasteiger partial charge is 0.222 e. The van der Waals surface area contributed by atoms with Crippen molar-refractivity contribution in [1.82, 2.24) is 4.90 Å². The van der Waals surface area contributed by atoms with Crippen LogP contribution in [0.15, 0.2) is 24.3 Å². The van der Waals surface area contributed by atoms with Crippen molar-refractivity contribution >= 4 is 17.5 Å². The van der Waals surface area contributed by atoms with E-state index >= 15 is 0 Å². The third-order valence-corrected chi connectivity index (χ3v) is 3.17. The Balaban J connectivity index is 1.74. The third-order valence-electron chi connectivity index (χ3n) is 2.92. The molecule has 4 heteroatoms. The average Bonchev–Trinajstić information content (AvgIpc) is 3.13. The molecule has 1 aromatic carbocycles. The third kappa shape index (κ3) is 3.72. The number of aliphatic hydroxyl groups excluding tert-OH is 1. The molecule has 3 nitrogen and oxygen atoms in total. The van der Waals surface area contributed by atoms with E-state index in [0.717, 1.165) is 25.1 Å². The van der Waals surface area contributed by atoms with Crippen LogP contribution in [0.5, 0.6) is 0 Å². The van der Waals surface area contributed by atoms with Crippen molar-refractivity contribution in [2.45, 2.75) is 25.4 Å². The lowest BCUT2D eigenvalue weighted by atomic mass is 10.0. The summed E-state index contributed by atoms with van der Waals surface area (Å²) in [6.07, 6.45) is 1.36. The number of carbonyl (C=O) groups is 1. The number of halogens is 1. The van der Waals surface area contributed by atoms with Crippen LogP contribution in [0.25, 0.3) is 0 Å². The Morgan fingerprint density at radius 1 is 1.35 bits per heavy atom. The highest BCUT2D eigenvalue weighted by Crippen LogP contribution is 2.21. The zero-order valence-corrected chi connectivity index (χ0v) is 10.4. The van der Waals surface area contributed by atoms with Gasteiger partial charge in [-0.25, -0.2) is 0 Å². The fourth-order valence-electron chi connectivity index (χ4n) is 1.76. The highest BCUT2D eigenvalue weighted by Gasteiger charge is 2.23. The number of aliphatic hydroxyl groups is 1. The molecule has 1 aliphatic rings. The summed E-state index contributed by atoms with van der Waals surface area (Å²) in [5.41, 5.74) is 0.855. The van der Waals surface area contributed by atoms with Crippen LogP contribution in [-0.4, -0.2) is 29.0 Å². The topological polar surface area (TPSA) is 40.3 Å². The quantitative estimate of drug-likeness (QED) is 0.819. The van der Waals surface area contributed by atoms with Gasteiger partial charge in [-0.2, -0.15) is 0 Å². The molecule has 0 aliphatic carbocycles. The number of carbonyl (C=O) groups excluding carboxylic acids is 1. The SMILES string of the molecule is O=C(CCCC(O)c1ccc(Cl)cc1)N1CC1. The van der Waals surface area contributed by atoms with Crippen molar-refractivity contribution in [2.24, 2.45) is 0 Å². The second kappa shape index (κ2) is 5.52. The van der Waals surface area contributed by atoms with E-state index in [9.17, 15) is 9.90 Å². The zero-order chi connectivity index (χ0) is 12.3. The van der Waals surface area contributed by atoms with Crippen LogP contribution < -0.4 is 0 Å². The van der Waals surface area contributed by atoms with Crippen LogP contribution >= 0.6 is 11.6 Å². The zero-order valence-electron chi connectivity index (χ0n) is 9.60. The van der Waals surface area contributed by atoms with E-state index in [1.165, 1.54) is 0 Å². The lowest BCUT2D eigenvalue weighted by Gasteiger charge is -2.10. The first-order valence-corrected chi connectivity index (χ1v) is 6.26. The second-order valence-corrected chi connectivity index (χ2v) is 4.78. The van der Waals surface area contributed by atoms with Gasteiger partial charge in [-0.3, -0.25) is 4.79 Å². The van der Waals surface area contributed by atoms with Crippen molar-refractivity contribution in [2.75, 3.05) is 13.1 Å². The lowest BCUT2D eigenvalue weighted by molar-refractivity contribution is -0.125. The molecule has 0 radical (unpaired) electrons. The molecule has 1 atom stereocenters. The second-order valence-electron chi connectivity index (χ2n) is 4.34. The van der Waals surface area contributed by atoms with Gasteiger partial charge in [-0.05, 0) is 30.5 Å². The maximum atomic E-state index is 11.4. The van der Waals surface area contributed by atoms with E-state index in [0.29, 0.717) is 17.9 Å². The molecule has 17 heavy (non-hydrogen) atoms. The summed E-state index contributed by atoms with van der Waals surface area (Å²) in [7, 11) is 0. The Morgan fingerprint density at radius 3 is 2.59 bits per heavy atom. The molecule has 0 aromatic heterocycles. The van der Waals surface area contributed by atoms with Crippen LogP contribution in [0.2, 0.25) is 5.02 Å². The monoisotopic (exact) mass is 253 g/mol. The number of benzene rings is 1. The van der Waals surface area contributed by atoms with Crippen LogP contribution in [0.1, 0.15) is 30.9 Å². The van der Waals surface area contributed by atoms with E-state index in [4.69, 9.17) is 11.6 Å². The fraction of sp³-hybridized carbons (Fsp3) is 0.462. The summed E-state index contributed by atoms with van der Waals surface area (Å²) in [6.45, 7) is 1.80. The molecular formula is C13H16ClNO2. The number of rotatable bonds is 5. The highest BCUT2D eigenvalue weighted by molar-refractivity contribution is 6.30. The minimum atomic E-state index is -0.505. The molecule has 1 aromatic rings. The van der Waals surface area contributed by atoms with Gasteiger partial charge in [-0.1, -0.05) is 23.7 Å². The Labute approximate surface area is 106 Å². The number of hydrogen-bond donors (Lipinski definition) is 1. The van der Waals surface area contributed by atoms with Gasteiger partial charge < -0.3 is 10.0 Å². The molecule has 0 spiro atoms. The minimum absolute atomic E-state index is 0.202. The van der Waals surface area contributed by atoms with Crippen molar-refractivity contribution in [3.63, 3.8) is 0 Å². The van der Waals surface area contributed by atoms with E-state index < -0.39 is 6.10 Å². The summed E-state index contributed by atoms with van der Waals surface area (Å²) in [5.74, 6) is 0.202. The minimum Gasteiger partial charge on any atom is -0.388 e. The summed E-state index contributed by atoms with van der Waals surface area (Å²) >= 11 is 5.77. The summed E-state index contributed by atoms with van der Waals surface area (Å²) in [6, 6.07) is 7.17. The van der Waals surface area contributed by atoms with Gasteiger partial charge in [0.1, 0.15) is 0 Å². The molecule has 1 unspecified atom stereocenters. The average molecular weight is 254 g/mol. The molecule has 1 fully saturated rings. The summed E-state index contributed by atoms with van der Waals surface area (Å²) < 4.78 is 0. The lowest BCUT2D eigenvalue weighted by Crippen LogP contribution is -2.10. The largest absolute Gasteiger partial charge is 0.388 e. The standard InChI is InChI=1S/C13H16ClNO2/c14-11-6-4-10(5-7-11)12(16)2-1-3-13(17)15-8-9-15/h4-7,12,16H,1-3,8-9H2. The highest BCUT2D eigenvalue weighted by atomic mass is 35.5. The van der Waals surface area contributed by atoms with E-state index in [1.54, 1.807) is 12.1 Å². The fourth-order valence-corrected chi connectivity index (χ4v) is 1.88. The molecular weight excluding hydrogens is 238 g/mol. The molecule has 1 N–H and O–H groups in total. The predicted molar refractivity (Wildman–Crippen MR) is 66.8 cm³/mol. The van der Waals surface area contributed by atoms with Crippen molar-refractivity contribution in [1.29, 1.82) is 0 Å². The molecule has 92 valence electrons. The number of nitrogens with zero attached hydrogens (tertiary/aromatic N) is 1. The summed E-state index contributed by atoms with van der Waals surface area (Å²) in [4.78, 5) is 13.2. The number of amides is 1. The van der Waals surface area contributed by atoms with Crippen LogP contribution in [-0.2, 0) is 4.79 Å². The van der Waals surface area contributed by atoms with E-state index in [1.807, 2.05) is 17.0 Å². The normalized spacial score (nSPS) is 15.8. The molecule has 1 amide bonds. The Bertz CT molecular complexity index is 387. The van der Waals surface area contributed by atoms with Gasteiger partial charge in [0.15, 0.2) is 0 Å². The van der Waals surface area contributed by atoms with Crippen LogP contribution in [0, 0.1) is 0 Å². The predicted octanol–water partition coefficient (Wildman–Crippen LogP) is 2.39. The number of hydrogen-bond acceptors (Lipinski definition) is 2.